The molecule has 0 saturated heterocycles. The van der Waals surface area contributed by atoms with Crippen LogP contribution in [0.5, 0.6) is 5.75 Å². The average Bonchev–Trinajstić information content (AvgIpc) is 2.58. The van der Waals surface area contributed by atoms with Gasteiger partial charge in [0.25, 0.3) is 0 Å². The monoisotopic (exact) mass is 331 g/mol. The lowest BCUT2D eigenvalue weighted by atomic mass is 9.75. The van der Waals surface area contributed by atoms with Gasteiger partial charge in [-0.05, 0) is 24.0 Å². The zero-order valence-corrected chi connectivity index (χ0v) is 14.5. The normalized spacial score (nSPS) is 14.4. The van der Waals surface area contributed by atoms with Gasteiger partial charge in [0.2, 0.25) is 0 Å². The van der Waals surface area contributed by atoms with Crippen molar-refractivity contribution in [1.29, 1.82) is 0 Å². The molecule has 0 bridgehead atoms. The Hall–Kier alpha value is -1.91. The first-order chi connectivity index (χ1) is 11.4. The third-order valence-electron chi connectivity index (χ3n) is 4.66. The molecule has 4 heteroatoms. The number of halogens is 1. The van der Waals surface area contributed by atoms with Crippen LogP contribution in [0.3, 0.4) is 0 Å². The number of benzene rings is 2. The molecular weight excluding hydrogens is 305 g/mol. The first-order valence-electron chi connectivity index (χ1n) is 8.23. The van der Waals surface area contributed by atoms with Gasteiger partial charge in [-0.3, -0.25) is 0 Å². The minimum atomic E-state index is -0.588. The van der Waals surface area contributed by atoms with Gasteiger partial charge in [-0.2, -0.15) is 0 Å². The maximum atomic E-state index is 14.1. The van der Waals surface area contributed by atoms with Crippen molar-refractivity contribution in [1.82, 2.24) is 5.32 Å². The molecule has 3 N–H and O–H groups in total. The van der Waals surface area contributed by atoms with Gasteiger partial charge in [-0.25, -0.2) is 4.39 Å². The van der Waals surface area contributed by atoms with Crippen molar-refractivity contribution in [2.24, 2.45) is 5.41 Å². The van der Waals surface area contributed by atoms with Crippen LogP contribution in [0.15, 0.2) is 48.5 Å². The van der Waals surface area contributed by atoms with Crippen LogP contribution in [0, 0.1) is 11.2 Å². The fourth-order valence-corrected chi connectivity index (χ4v) is 2.92. The summed E-state index contributed by atoms with van der Waals surface area (Å²) in [6.45, 7) is 6.56. The smallest absolute Gasteiger partial charge is 0.169 e. The minimum absolute atomic E-state index is 0.0586. The Balaban J connectivity index is 2.17. The molecule has 0 fully saturated rings. The fraction of sp³-hybridized carbons (Fsp3) is 0.400. The molecule has 2 rings (SSSR count). The highest BCUT2D eigenvalue weighted by molar-refractivity contribution is 5.32. The summed E-state index contributed by atoms with van der Waals surface area (Å²) < 4.78 is 14.1. The van der Waals surface area contributed by atoms with E-state index in [-0.39, 0.29) is 29.7 Å². The summed E-state index contributed by atoms with van der Waals surface area (Å²) in [4.78, 5) is 0. The predicted octanol–water partition coefficient (Wildman–Crippen LogP) is 3.98. The lowest BCUT2D eigenvalue weighted by molar-refractivity contribution is 0.128. The van der Waals surface area contributed by atoms with Gasteiger partial charge < -0.3 is 15.5 Å². The fourth-order valence-electron chi connectivity index (χ4n) is 2.92. The number of phenols is 1. The number of aromatic hydroxyl groups is 1. The molecule has 0 saturated carbocycles. The molecule has 0 aliphatic rings. The molecule has 0 amide bonds. The second-order valence-corrected chi connectivity index (χ2v) is 6.92. The SMILES string of the molecule is CC(NCC(c1ccccc1)C(C)(C)CO)c1cccc(O)c1F. The zero-order chi connectivity index (χ0) is 17.7. The molecule has 2 atom stereocenters. The molecule has 2 aromatic carbocycles. The third kappa shape index (κ3) is 4.13. The topological polar surface area (TPSA) is 52.5 Å². The molecule has 0 aliphatic carbocycles. The highest BCUT2D eigenvalue weighted by Gasteiger charge is 2.30. The van der Waals surface area contributed by atoms with E-state index in [9.17, 15) is 14.6 Å². The van der Waals surface area contributed by atoms with Crippen LogP contribution in [0.2, 0.25) is 0 Å². The van der Waals surface area contributed by atoms with E-state index in [4.69, 9.17) is 0 Å². The van der Waals surface area contributed by atoms with E-state index in [1.807, 2.05) is 51.1 Å². The molecule has 0 radical (unpaired) electrons. The van der Waals surface area contributed by atoms with Crippen molar-refractivity contribution in [2.45, 2.75) is 32.7 Å². The van der Waals surface area contributed by atoms with Crippen molar-refractivity contribution < 1.29 is 14.6 Å². The molecule has 0 spiro atoms. The van der Waals surface area contributed by atoms with Crippen molar-refractivity contribution in [3.63, 3.8) is 0 Å². The van der Waals surface area contributed by atoms with Crippen molar-refractivity contribution >= 4 is 0 Å². The molecule has 2 unspecified atom stereocenters. The van der Waals surface area contributed by atoms with Crippen LogP contribution >= 0.6 is 0 Å². The summed E-state index contributed by atoms with van der Waals surface area (Å²) in [6.07, 6.45) is 0. The van der Waals surface area contributed by atoms with E-state index in [0.29, 0.717) is 12.1 Å². The van der Waals surface area contributed by atoms with Crippen LogP contribution in [-0.2, 0) is 0 Å². The Labute approximate surface area is 143 Å². The summed E-state index contributed by atoms with van der Waals surface area (Å²) in [5.74, 6) is -0.849. The second-order valence-electron chi connectivity index (χ2n) is 6.92. The van der Waals surface area contributed by atoms with Crippen LogP contribution in [-0.4, -0.2) is 23.4 Å². The zero-order valence-electron chi connectivity index (χ0n) is 14.5. The Bertz CT molecular complexity index is 658. The lowest BCUT2D eigenvalue weighted by Gasteiger charge is -2.34. The van der Waals surface area contributed by atoms with Gasteiger partial charge in [0.05, 0.1) is 0 Å². The maximum Gasteiger partial charge on any atom is 0.169 e. The summed E-state index contributed by atoms with van der Waals surface area (Å²) in [5, 5.41) is 22.6. The maximum absolute atomic E-state index is 14.1. The molecule has 24 heavy (non-hydrogen) atoms. The van der Waals surface area contributed by atoms with Gasteiger partial charge in [-0.15, -0.1) is 0 Å². The minimum Gasteiger partial charge on any atom is -0.505 e. The number of phenolic OH excluding ortho intramolecular Hbond substituents is 1. The second kappa shape index (κ2) is 7.77. The summed E-state index contributed by atoms with van der Waals surface area (Å²) in [6, 6.07) is 14.4. The van der Waals surface area contributed by atoms with E-state index in [2.05, 4.69) is 5.32 Å². The molecule has 0 aromatic heterocycles. The molecule has 130 valence electrons. The highest BCUT2D eigenvalue weighted by atomic mass is 19.1. The van der Waals surface area contributed by atoms with Crippen LogP contribution in [0.25, 0.3) is 0 Å². The number of aliphatic hydroxyl groups is 1. The Kier molecular flexibility index (Phi) is 5.97. The van der Waals surface area contributed by atoms with Crippen molar-refractivity contribution in [2.75, 3.05) is 13.2 Å². The van der Waals surface area contributed by atoms with E-state index < -0.39 is 5.82 Å². The van der Waals surface area contributed by atoms with Gasteiger partial charge >= 0.3 is 0 Å². The number of hydrogen-bond donors (Lipinski definition) is 3. The van der Waals surface area contributed by atoms with Crippen LogP contribution < -0.4 is 5.32 Å². The first-order valence-corrected chi connectivity index (χ1v) is 8.23. The first kappa shape index (κ1) is 18.4. The van der Waals surface area contributed by atoms with Crippen molar-refractivity contribution in [3.8, 4) is 5.75 Å². The summed E-state index contributed by atoms with van der Waals surface area (Å²) >= 11 is 0. The Morgan fingerprint density at radius 2 is 1.75 bits per heavy atom. The lowest BCUT2D eigenvalue weighted by Crippen LogP contribution is -2.35. The largest absolute Gasteiger partial charge is 0.505 e. The number of hydrogen-bond acceptors (Lipinski definition) is 3. The van der Waals surface area contributed by atoms with E-state index >= 15 is 0 Å². The summed E-state index contributed by atoms with van der Waals surface area (Å²) in [7, 11) is 0. The van der Waals surface area contributed by atoms with E-state index in [1.54, 1.807) is 12.1 Å². The Morgan fingerprint density at radius 1 is 1.08 bits per heavy atom. The molecule has 2 aromatic rings. The van der Waals surface area contributed by atoms with Gasteiger partial charge in [0, 0.05) is 30.7 Å². The van der Waals surface area contributed by atoms with Gasteiger partial charge in [-0.1, -0.05) is 56.3 Å². The van der Waals surface area contributed by atoms with E-state index in [1.165, 1.54) is 6.07 Å². The molecule has 3 nitrogen and oxygen atoms in total. The number of nitrogens with one attached hydrogen (secondary N) is 1. The summed E-state index contributed by atoms with van der Waals surface area (Å²) in [5.41, 5.74) is 1.25. The quantitative estimate of drug-likeness (QED) is 0.719. The Morgan fingerprint density at radius 3 is 2.38 bits per heavy atom. The molecule has 0 aliphatic heterocycles. The van der Waals surface area contributed by atoms with Gasteiger partial charge in [0.15, 0.2) is 11.6 Å². The third-order valence-corrected chi connectivity index (χ3v) is 4.66. The number of rotatable bonds is 7. The molecular formula is C20H26FNO2. The van der Waals surface area contributed by atoms with Gasteiger partial charge in [0.1, 0.15) is 0 Å². The van der Waals surface area contributed by atoms with Crippen LogP contribution in [0.1, 0.15) is 43.9 Å². The van der Waals surface area contributed by atoms with E-state index in [0.717, 1.165) is 5.56 Å². The van der Waals surface area contributed by atoms with Crippen LogP contribution in [0.4, 0.5) is 4.39 Å². The predicted molar refractivity (Wildman–Crippen MR) is 94.5 cm³/mol. The number of aliphatic hydroxyl groups excluding tert-OH is 1. The van der Waals surface area contributed by atoms with Crippen molar-refractivity contribution in [3.05, 3.63) is 65.5 Å². The highest BCUT2D eigenvalue weighted by Crippen LogP contribution is 2.35. The standard InChI is InChI=1S/C20H26FNO2/c1-14(16-10-7-11-18(24)19(16)21)22-12-17(20(2,3)13-23)15-8-5-4-6-9-15/h4-11,14,17,22-24H,12-13H2,1-3H3. The average molecular weight is 331 g/mol. The molecule has 0 heterocycles.